The highest BCUT2D eigenvalue weighted by Gasteiger charge is 2.28. The van der Waals surface area contributed by atoms with Gasteiger partial charge in [0.2, 0.25) is 10.0 Å². The third kappa shape index (κ3) is 4.38. The van der Waals surface area contributed by atoms with Crippen LogP contribution in [0, 0.1) is 0 Å². The average molecular weight is 431 g/mol. The molecule has 0 bridgehead atoms. The summed E-state index contributed by atoms with van der Waals surface area (Å²) >= 11 is 3.49. The van der Waals surface area contributed by atoms with Crippen LogP contribution in [0.15, 0.2) is 27.6 Å². The van der Waals surface area contributed by atoms with Gasteiger partial charge in [-0.1, -0.05) is 0 Å². The Morgan fingerprint density at radius 2 is 1.76 bits per heavy atom. The minimum atomic E-state index is -3.39. The highest BCUT2D eigenvalue weighted by molar-refractivity contribution is 9.10. The van der Waals surface area contributed by atoms with Crippen molar-refractivity contribution in [1.29, 1.82) is 0 Å². The first-order chi connectivity index (χ1) is 11.9. The van der Waals surface area contributed by atoms with Crippen LogP contribution < -0.4 is 4.74 Å². The van der Waals surface area contributed by atoms with Crippen molar-refractivity contribution in [3.8, 4) is 5.75 Å². The Morgan fingerprint density at radius 3 is 2.32 bits per heavy atom. The Hall–Kier alpha value is -0.630. The summed E-state index contributed by atoms with van der Waals surface area (Å²) in [5.41, 5.74) is 0. The minimum absolute atomic E-state index is 0.202. The molecule has 3 rings (SSSR count). The van der Waals surface area contributed by atoms with E-state index in [0.717, 1.165) is 44.3 Å². The lowest BCUT2D eigenvalue weighted by Gasteiger charge is -2.33. The smallest absolute Gasteiger partial charge is 0.243 e. The standard InChI is InChI=1S/C18H27BrN2O3S/c1-20(2)14-5-7-15(8-6-14)24-18-10-9-16(13-17(18)19)25(22,23)21-11-3-4-12-21/h9-10,13-15H,3-8,11-12H2,1-2H3. The molecule has 0 radical (unpaired) electrons. The molecule has 1 saturated carbocycles. The molecule has 0 atom stereocenters. The van der Waals surface area contributed by atoms with Gasteiger partial charge in [0.05, 0.1) is 15.5 Å². The number of rotatable bonds is 5. The second kappa shape index (κ2) is 7.94. The Morgan fingerprint density at radius 1 is 1.12 bits per heavy atom. The zero-order valence-corrected chi connectivity index (χ0v) is 17.4. The summed E-state index contributed by atoms with van der Waals surface area (Å²) in [6, 6.07) is 5.76. The second-order valence-corrected chi connectivity index (χ2v) is 10.0. The highest BCUT2D eigenvalue weighted by atomic mass is 79.9. The van der Waals surface area contributed by atoms with Crippen LogP contribution in [0.1, 0.15) is 38.5 Å². The van der Waals surface area contributed by atoms with Gasteiger partial charge in [0.15, 0.2) is 0 Å². The van der Waals surface area contributed by atoms with E-state index < -0.39 is 10.0 Å². The van der Waals surface area contributed by atoms with Gasteiger partial charge in [-0.15, -0.1) is 0 Å². The predicted octanol–water partition coefficient (Wildman–Crippen LogP) is 3.49. The van der Waals surface area contributed by atoms with Crippen molar-refractivity contribution in [3.05, 3.63) is 22.7 Å². The largest absolute Gasteiger partial charge is 0.489 e. The van der Waals surface area contributed by atoms with Gasteiger partial charge < -0.3 is 9.64 Å². The lowest BCUT2D eigenvalue weighted by molar-refractivity contribution is 0.110. The number of hydrogen-bond acceptors (Lipinski definition) is 4. The van der Waals surface area contributed by atoms with E-state index in [-0.39, 0.29) is 6.10 Å². The molecular formula is C18H27BrN2O3S. The monoisotopic (exact) mass is 430 g/mol. The van der Waals surface area contributed by atoms with Crippen LogP contribution in [0.4, 0.5) is 0 Å². The van der Waals surface area contributed by atoms with E-state index in [1.54, 1.807) is 22.5 Å². The van der Waals surface area contributed by atoms with Gasteiger partial charge in [0, 0.05) is 19.1 Å². The summed E-state index contributed by atoms with van der Waals surface area (Å²) in [6.07, 6.45) is 6.42. The van der Waals surface area contributed by atoms with Gasteiger partial charge in [0.1, 0.15) is 5.75 Å². The summed E-state index contributed by atoms with van der Waals surface area (Å²) in [4.78, 5) is 2.62. The Kier molecular flexibility index (Phi) is 6.08. The van der Waals surface area contributed by atoms with Crippen molar-refractivity contribution >= 4 is 26.0 Å². The number of sulfonamides is 1. The molecule has 2 fully saturated rings. The highest BCUT2D eigenvalue weighted by Crippen LogP contribution is 2.33. The number of benzene rings is 1. The first-order valence-electron chi connectivity index (χ1n) is 9.00. The summed E-state index contributed by atoms with van der Waals surface area (Å²) in [5.74, 6) is 0.730. The molecule has 1 aromatic carbocycles. The van der Waals surface area contributed by atoms with E-state index in [9.17, 15) is 8.42 Å². The van der Waals surface area contributed by atoms with Crippen molar-refractivity contribution in [2.24, 2.45) is 0 Å². The number of halogens is 1. The maximum absolute atomic E-state index is 12.6. The molecule has 0 N–H and O–H groups in total. The van der Waals surface area contributed by atoms with Gasteiger partial charge in [-0.25, -0.2) is 8.42 Å². The summed E-state index contributed by atoms with van der Waals surface area (Å²) in [5, 5.41) is 0. The molecule has 7 heteroatoms. The summed E-state index contributed by atoms with van der Waals surface area (Å²) in [7, 11) is 0.868. The molecule has 5 nitrogen and oxygen atoms in total. The van der Waals surface area contributed by atoms with Crippen LogP contribution in [0.3, 0.4) is 0 Å². The molecule has 1 aromatic rings. The number of nitrogens with zero attached hydrogens (tertiary/aromatic N) is 2. The minimum Gasteiger partial charge on any atom is -0.489 e. The quantitative estimate of drug-likeness (QED) is 0.717. The maximum atomic E-state index is 12.6. The zero-order chi connectivity index (χ0) is 18.0. The van der Waals surface area contributed by atoms with Gasteiger partial charge in [0.25, 0.3) is 0 Å². The molecule has 0 aromatic heterocycles. The second-order valence-electron chi connectivity index (χ2n) is 7.22. The Balaban J connectivity index is 1.66. The molecule has 25 heavy (non-hydrogen) atoms. The fraction of sp³-hybridized carbons (Fsp3) is 0.667. The number of hydrogen-bond donors (Lipinski definition) is 0. The van der Waals surface area contributed by atoms with E-state index in [2.05, 4.69) is 34.9 Å². The molecule has 1 aliphatic heterocycles. The van der Waals surface area contributed by atoms with E-state index in [4.69, 9.17) is 4.74 Å². The van der Waals surface area contributed by atoms with Crippen LogP contribution in [-0.2, 0) is 10.0 Å². The van der Waals surface area contributed by atoms with Crippen molar-refractivity contribution in [2.45, 2.75) is 55.6 Å². The third-order valence-electron chi connectivity index (χ3n) is 5.27. The SMILES string of the molecule is CN(C)C1CCC(Oc2ccc(S(=O)(=O)N3CCCC3)cc2Br)CC1. The molecule has 0 unspecified atom stereocenters. The molecule has 0 spiro atoms. The third-order valence-corrected chi connectivity index (χ3v) is 7.79. The molecule has 0 amide bonds. The van der Waals surface area contributed by atoms with Crippen molar-refractivity contribution in [3.63, 3.8) is 0 Å². The fourth-order valence-corrected chi connectivity index (χ4v) is 5.84. The zero-order valence-electron chi connectivity index (χ0n) is 14.9. The average Bonchev–Trinajstić information content (AvgIpc) is 3.12. The molecule has 140 valence electrons. The fourth-order valence-electron chi connectivity index (χ4n) is 3.67. The van der Waals surface area contributed by atoms with Gasteiger partial charge >= 0.3 is 0 Å². The first kappa shape index (κ1) is 19.1. The van der Waals surface area contributed by atoms with Crippen LogP contribution in [-0.4, -0.2) is 57.0 Å². The Labute approximate surface area is 159 Å². The van der Waals surface area contributed by atoms with E-state index in [1.165, 1.54) is 0 Å². The van der Waals surface area contributed by atoms with Gasteiger partial charge in [-0.2, -0.15) is 4.31 Å². The van der Waals surface area contributed by atoms with Crippen LogP contribution in [0.2, 0.25) is 0 Å². The molecule has 1 aliphatic carbocycles. The summed E-state index contributed by atoms with van der Waals surface area (Å²) < 4.78 is 33.7. The number of ether oxygens (including phenoxy) is 1. The molecule has 1 saturated heterocycles. The topological polar surface area (TPSA) is 49.9 Å². The van der Waals surface area contributed by atoms with E-state index in [0.29, 0.717) is 28.5 Å². The van der Waals surface area contributed by atoms with E-state index >= 15 is 0 Å². The van der Waals surface area contributed by atoms with Crippen molar-refractivity contribution in [1.82, 2.24) is 9.21 Å². The lowest BCUT2D eigenvalue weighted by atomic mass is 9.92. The molecular weight excluding hydrogens is 404 g/mol. The van der Waals surface area contributed by atoms with Crippen LogP contribution in [0.5, 0.6) is 5.75 Å². The summed E-state index contributed by atoms with van der Waals surface area (Å²) in [6.45, 7) is 1.24. The van der Waals surface area contributed by atoms with Crippen LogP contribution in [0.25, 0.3) is 0 Å². The lowest BCUT2D eigenvalue weighted by Crippen LogP contribution is -2.35. The first-order valence-corrected chi connectivity index (χ1v) is 11.2. The molecule has 1 heterocycles. The predicted molar refractivity (Wildman–Crippen MR) is 102 cm³/mol. The van der Waals surface area contributed by atoms with E-state index in [1.807, 2.05) is 0 Å². The Bertz CT molecular complexity index is 694. The normalized spacial score (nSPS) is 25.4. The van der Waals surface area contributed by atoms with Crippen molar-refractivity contribution in [2.75, 3.05) is 27.2 Å². The van der Waals surface area contributed by atoms with Gasteiger partial charge in [-0.05, 0) is 86.7 Å². The van der Waals surface area contributed by atoms with Crippen molar-refractivity contribution < 1.29 is 13.2 Å². The molecule has 2 aliphatic rings. The maximum Gasteiger partial charge on any atom is 0.243 e. The van der Waals surface area contributed by atoms with Crippen LogP contribution >= 0.6 is 15.9 Å². The van der Waals surface area contributed by atoms with Gasteiger partial charge in [-0.3, -0.25) is 0 Å².